The van der Waals surface area contributed by atoms with E-state index in [1.165, 1.54) is 0 Å². The van der Waals surface area contributed by atoms with Crippen LogP contribution in [-0.2, 0) is 22.7 Å². The molecule has 1 amide bonds. The summed E-state index contributed by atoms with van der Waals surface area (Å²) in [6.45, 7) is 0.928. The molecular formula is C21H27IN4O2. The Hall–Kier alpha value is -2.13. The van der Waals surface area contributed by atoms with E-state index in [0.717, 1.165) is 41.8 Å². The maximum atomic E-state index is 12.1. The van der Waals surface area contributed by atoms with Gasteiger partial charge in [0.15, 0.2) is 5.96 Å². The van der Waals surface area contributed by atoms with Crippen molar-refractivity contribution < 1.29 is 9.53 Å². The van der Waals surface area contributed by atoms with Crippen LogP contribution in [0, 0.1) is 5.92 Å². The Morgan fingerprint density at radius 2 is 1.96 bits per heavy atom. The summed E-state index contributed by atoms with van der Waals surface area (Å²) in [5.41, 5.74) is 9.71. The number of nitrogens with two attached hydrogens (primary N) is 1. The minimum atomic E-state index is 0. The second kappa shape index (κ2) is 11.0. The number of benzene rings is 2. The Kier molecular flexibility index (Phi) is 8.72. The van der Waals surface area contributed by atoms with Crippen molar-refractivity contribution in [2.45, 2.75) is 32.4 Å². The van der Waals surface area contributed by atoms with E-state index in [9.17, 15) is 4.79 Å². The molecule has 0 unspecified atom stereocenters. The van der Waals surface area contributed by atoms with Crippen molar-refractivity contribution in [3.8, 4) is 0 Å². The minimum absolute atomic E-state index is 0. The molecule has 0 radical (unpaired) electrons. The van der Waals surface area contributed by atoms with E-state index in [0.29, 0.717) is 19.1 Å². The number of ether oxygens (including phenoxy) is 1. The number of guanidine groups is 1. The van der Waals surface area contributed by atoms with Gasteiger partial charge in [-0.25, -0.2) is 4.99 Å². The highest BCUT2D eigenvalue weighted by Crippen LogP contribution is 2.27. The number of halogens is 1. The minimum Gasteiger partial charge on any atom is -0.380 e. The van der Waals surface area contributed by atoms with Gasteiger partial charge in [0.1, 0.15) is 0 Å². The third-order valence-electron chi connectivity index (χ3n) is 4.68. The van der Waals surface area contributed by atoms with Crippen molar-refractivity contribution in [1.29, 1.82) is 0 Å². The summed E-state index contributed by atoms with van der Waals surface area (Å²) >= 11 is 0. The van der Waals surface area contributed by atoms with Crippen molar-refractivity contribution in [2.75, 3.05) is 17.7 Å². The highest BCUT2D eigenvalue weighted by Gasteiger charge is 2.25. The van der Waals surface area contributed by atoms with Crippen LogP contribution in [0.15, 0.2) is 53.5 Å². The lowest BCUT2D eigenvalue weighted by atomic mass is 9.85. The fraction of sp³-hybridized carbons (Fsp3) is 0.333. The number of carbonyl (C=O) groups excluding carboxylic acids is 1. The highest BCUT2D eigenvalue weighted by atomic mass is 127. The van der Waals surface area contributed by atoms with Crippen LogP contribution >= 0.6 is 24.0 Å². The lowest BCUT2D eigenvalue weighted by molar-refractivity contribution is -0.122. The first kappa shape index (κ1) is 22.2. The van der Waals surface area contributed by atoms with Gasteiger partial charge in [0.05, 0.1) is 13.2 Å². The molecule has 0 atom stereocenters. The molecule has 3 rings (SSSR count). The Balaban J connectivity index is 0.00000280. The molecule has 4 N–H and O–H groups in total. The summed E-state index contributed by atoms with van der Waals surface area (Å²) < 4.78 is 5.20. The number of nitrogens with one attached hydrogen (secondary N) is 2. The molecule has 1 aliphatic carbocycles. The van der Waals surface area contributed by atoms with Crippen LogP contribution in [0.5, 0.6) is 0 Å². The molecule has 0 heterocycles. The summed E-state index contributed by atoms with van der Waals surface area (Å²) in [5.74, 6) is 0.610. The predicted octanol–water partition coefficient (Wildman–Crippen LogP) is 4.12. The monoisotopic (exact) mass is 494 g/mol. The average molecular weight is 494 g/mol. The first-order valence-corrected chi connectivity index (χ1v) is 9.19. The van der Waals surface area contributed by atoms with Crippen LogP contribution < -0.4 is 16.4 Å². The molecule has 1 aliphatic rings. The van der Waals surface area contributed by atoms with Crippen molar-refractivity contribution in [1.82, 2.24) is 0 Å². The molecule has 150 valence electrons. The number of rotatable bonds is 7. The Morgan fingerprint density at radius 3 is 2.68 bits per heavy atom. The van der Waals surface area contributed by atoms with Crippen molar-refractivity contribution in [2.24, 2.45) is 16.6 Å². The number of para-hydroxylation sites is 1. The zero-order valence-electron chi connectivity index (χ0n) is 16.0. The third-order valence-corrected chi connectivity index (χ3v) is 4.68. The lowest BCUT2D eigenvalue weighted by Crippen LogP contribution is -2.28. The standard InChI is InChI=1S/C21H26N4O2.HI/c1-27-14-17-7-2-3-11-19(17)25-21(22)23-13-15-6-4-10-18(12-15)24-20(26)16-8-5-9-16;/h2-4,6-7,10-12,16H,5,8-9,13-14H2,1H3,(H,24,26)(H3,22,23,25);1H. The quantitative estimate of drug-likeness (QED) is 0.307. The summed E-state index contributed by atoms with van der Waals surface area (Å²) in [4.78, 5) is 16.5. The van der Waals surface area contributed by atoms with Gasteiger partial charge in [-0.05, 0) is 36.6 Å². The predicted molar refractivity (Wildman–Crippen MR) is 124 cm³/mol. The van der Waals surface area contributed by atoms with Crippen LogP contribution in [-0.4, -0.2) is 19.0 Å². The van der Waals surface area contributed by atoms with Gasteiger partial charge < -0.3 is 21.1 Å². The molecule has 28 heavy (non-hydrogen) atoms. The van der Waals surface area contributed by atoms with E-state index >= 15 is 0 Å². The number of methoxy groups -OCH3 is 1. The molecule has 0 spiro atoms. The Morgan fingerprint density at radius 1 is 1.18 bits per heavy atom. The van der Waals surface area contributed by atoms with Gasteiger partial charge in [0, 0.05) is 30.0 Å². The number of hydrogen-bond donors (Lipinski definition) is 3. The van der Waals surface area contributed by atoms with Gasteiger partial charge in [0.2, 0.25) is 5.91 Å². The molecule has 1 saturated carbocycles. The van der Waals surface area contributed by atoms with Crippen LogP contribution in [0.25, 0.3) is 0 Å². The summed E-state index contributed by atoms with van der Waals surface area (Å²) in [5, 5.41) is 6.11. The molecule has 2 aromatic rings. The van der Waals surface area contributed by atoms with Crippen LogP contribution in [0.1, 0.15) is 30.4 Å². The molecule has 7 heteroatoms. The molecule has 1 fully saturated rings. The van der Waals surface area contributed by atoms with Crippen LogP contribution in [0.4, 0.5) is 11.4 Å². The average Bonchev–Trinajstić information content (AvgIpc) is 2.61. The van der Waals surface area contributed by atoms with E-state index in [2.05, 4.69) is 15.6 Å². The molecule has 6 nitrogen and oxygen atoms in total. The summed E-state index contributed by atoms with van der Waals surface area (Å²) in [6, 6.07) is 15.5. The zero-order chi connectivity index (χ0) is 19.1. The van der Waals surface area contributed by atoms with E-state index < -0.39 is 0 Å². The lowest BCUT2D eigenvalue weighted by Gasteiger charge is -2.24. The van der Waals surface area contributed by atoms with Crippen LogP contribution in [0.2, 0.25) is 0 Å². The molecule has 0 aliphatic heterocycles. The second-order valence-corrected chi connectivity index (χ2v) is 6.73. The van der Waals surface area contributed by atoms with Gasteiger partial charge in [-0.15, -0.1) is 24.0 Å². The number of carbonyl (C=O) groups is 1. The van der Waals surface area contributed by atoms with Gasteiger partial charge in [-0.1, -0.05) is 36.8 Å². The molecule has 0 saturated heterocycles. The number of nitrogens with zero attached hydrogens (tertiary/aromatic N) is 1. The smallest absolute Gasteiger partial charge is 0.227 e. The maximum Gasteiger partial charge on any atom is 0.227 e. The topological polar surface area (TPSA) is 88.7 Å². The summed E-state index contributed by atoms with van der Waals surface area (Å²) in [7, 11) is 1.66. The van der Waals surface area contributed by atoms with Gasteiger partial charge >= 0.3 is 0 Å². The SMILES string of the molecule is COCc1ccccc1NC(N)=NCc1cccc(NC(=O)C2CCC2)c1.I. The number of hydrogen-bond acceptors (Lipinski definition) is 3. The van der Waals surface area contributed by atoms with Crippen LogP contribution in [0.3, 0.4) is 0 Å². The van der Waals surface area contributed by atoms with Crippen molar-refractivity contribution in [3.63, 3.8) is 0 Å². The number of amides is 1. The van der Waals surface area contributed by atoms with Crippen molar-refractivity contribution >= 4 is 47.2 Å². The molecule has 0 bridgehead atoms. The van der Waals surface area contributed by atoms with Gasteiger partial charge in [-0.3, -0.25) is 4.79 Å². The fourth-order valence-corrected chi connectivity index (χ4v) is 2.94. The van der Waals surface area contributed by atoms with Gasteiger partial charge in [0.25, 0.3) is 0 Å². The van der Waals surface area contributed by atoms with E-state index in [1.807, 2.05) is 48.5 Å². The maximum absolute atomic E-state index is 12.1. The van der Waals surface area contributed by atoms with Gasteiger partial charge in [-0.2, -0.15) is 0 Å². The Bertz CT molecular complexity index is 822. The largest absolute Gasteiger partial charge is 0.380 e. The number of aliphatic imine (C=N–C) groups is 1. The molecule has 2 aromatic carbocycles. The molecule has 0 aromatic heterocycles. The first-order valence-electron chi connectivity index (χ1n) is 9.19. The molecular weight excluding hydrogens is 467 g/mol. The van der Waals surface area contributed by atoms with E-state index in [1.54, 1.807) is 7.11 Å². The van der Waals surface area contributed by atoms with E-state index in [4.69, 9.17) is 10.5 Å². The van der Waals surface area contributed by atoms with E-state index in [-0.39, 0.29) is 35.8 Å². The third kappa shape index (κ3) is 6.20. The number of anilines is 2. The highest BCUT2D eigenvalue weighted by molar-refractivity contribution is 14.0. The first-order chi connectivity index (χ1) is 13.2. The normalized spacial score (nSPS) is 14.0. The second-order valence-electron chi connectivity index (χ2n) is 6.73. The van der Waals surface area contributed by atoms with Crippen molar-refractivity contribution in [3.05, 3.63) is 59.7 Å². The summed E-state index contributed by atoms with van der Waals surface area (Å²) in [6.07, 6.45) is 3.12. The zero-order valence-corrected chi connectivity index (χ0v) is 18.3. The fourth-order valence-electron chi connectivity index (χ4n) is 2.94. The Labute approximate surface area is 183 Å².